The lowest BCUT2D eigenvalue weighted by molar-refractivity contribution is 0.487. The molecule has 1 aliphatic rings. The Morgan fingerprint density at radius 3 is 1.80 bits per heavy atom. The Bertz CT molecular complexity index is 2680. The van der Waals surface area contributed by atoms with Gasteiger partial charge in [-0.25, -0.2) is 0 Å². The van der Waals surface area contributed by atoms with Crippen molar-refractivity contribution >= 4 is 53.9 Å². The van der Waals surface area contributed by atoms with Gasteiger partial charge in [-0.2, -0.15) is 0 Å². The molecule has 1 heteroatoms. The highest BCUT2D eigenvalue weighted by Gasteiger charge is 2.22. The van der Waals surface area contributed by atoms with Gasteiger partial charge in [0.2, 0.25) is 0 Å². The summed E-state index contributed by atoms with van der Waals surface area (Å²) in [4.78, 5) is 0. The minimum Gasteiger partial charge on any atom is -0.456 e. The van der Waals surface area contributed by atoms with E-state index >= 15 is 0 Å². The van der Waals surface area contributed by atoms with Crippen molar-refractivity contribution in [3.05, 3.63) is 158 Å². The van der Waals surface area contributed by atoms with Gasteiger partial charge in [0, 0.05) is 10.9 Å². The molecule has 9 aromatic rings. The molecule has 0 amide bonds. The van der Waals surface area contributed by atoms with Crippen molar-refractivity contribution in [1.29, 1.82) is 0 Å². The number of para-hydroxylation sites is 1. The molecule has 0 aliphatic carbocycles. The van der Waals surface area contributed by atoms with Gasteiger partial charge in [-0.3, -0.25) is 0 Å². The van der Waals surface area contributed by atoms with Gasteiger partial charge in [0.25, 0.3) is 0 Å². The maximum Gasteiger partial charge on any atom is 0.135 e. The summed E-state index contributed by atoms with van der Waals surface area (Å²) < 4.78 is 6.41. The van der Waals surface area contributed by atoms with Crippen LogP contribution in [0, 0.1) is 0 Å². The van der Waals surface area contributed by atoms with Crippen molar-refractivity contribution in [2.45, 2.75) is 0 Å². The van der Waals surface area contributed by atoms with E-state index in [1.807, 2.05) is 6.07 Å². The maximum absolute atomic E-state index is 6.41. The van der Waals surface area contributed by atoms with E-state index in [1.165, 1.54) is 81.7 Å². The Labute approximate surface area is 260 Å². The molecule has 10 rings (SSSR count). The van der Waals surface area contributed by atoms with Gasteiger partial charge >= 0.3 is 0 Å². The second kappa shape index (κ2) is 9.29. The summed E-state index contributed by atoms with van der Waals surface area (Å²) in [5.74, 6) is 1.83. The van der Waals surface area contributed by atoms with Gasteiger partial charge < -0.3 is 4.74 Å². The minimum atomic E-state index is 0.912. The number of rotatable bonds is 2. The fourth-order valence-corrected chi connectivity index (χ4v) is 7.70. The summed E-state index contributed by atoms with van der Waals surface area (Å²) in [6.45, 7) is 0. The Balaban J connectivity index is 1.29. The van der Waals surface area contributed by atoms with E-state index in [4.69, 9.17) is 4.74 Å². The molecule has 0 fully saturated rings. The molecule has 1 nitrogen and oxygen atoms in total. The average Bonchev–Trinajstić information content (AvgIpc) is 3.11. The van der Waals surface area contributed by atoms with Crippen LogP contribution in [0.4, 0.5) is 0 Å². The van der Waals surface area contributed by atoms with E-state index in [9.17, 15) is 0 Å². The summed E-state index contributed by atoms with van der Waals surface area (Å²) in [7, 11) is 0. The summed E-state index contributed by atoms with van der Waals surface area (Å²) in [6, 6.07) is 57.3. The highest BCUT2D eigenvalue weighted by molar-refractivity contribution is 6.32. The number of fused-ring (bicyclic) bond motifs is 9. The lowest BCUT2D eigenvalue weighted by Gasteiger charge is -2.22. The normalized spacial score (nSPS) is 12.2. The monoisotopic (exact) mass is 570 g/mol. The number of benzene rings is 9. The predicted octanol–water partition coefficient (Wildman–Crippen LogP) is 12.6. The number of hydrogen-bond donors (Lipinski definition) is 0. The van der Waals surface area contributed by atoms with Crippen molar-refractivity contribution < 1.29 is 4.74 Å². The predicted molar refractivity (Wildman–Crippen MR) is 190 cm³/mol. The quantitative estimate of drug-likeness (QED) is 0.148. The lowest BCUT2D eigenvalue weighted by atomic mass is 9.85. The molecule has 45 heavy (non-hydrogen) atoms. The first-order valence-electron chi connectivity index (χ1n) is 15.5. The zero-order chi connectivity index (χ0) is 29.5. The van der Waals surface area contributed by atoms with Crippen LogP contribution in [0.5, 0.6) is 11.5 Å². The fourth-order valence-electron chi connectivity index (χ4n) is 7.70. The van der Waals surface area contributed by atoms with E-state index in [2.05, 4.69) is 152 Å². The first-order valence-corrected chi connectivity index (χ1v) is 15.5. The van der Waals surface area contributed by atoms with E-state index in [0.717, 1.165) is 17.1 Å². The largest absolute Gasteiger partial charge is 0.456 e. The van der Waals surface area contributed by atoms with Gasteiger partial charge in [-0.1, -0.05) is 133 Å². The van der Waals surface area contributed by atoms with Gasteiger partial charge in [-0.15, -0.1) is 0 Å². The summed E-state index contributed by atoms with van der Waals surface area (Å²) >= 11 is 0. The van der Waals surface area contributed by atoms with E-state index in [-0.39, 0.29) is 0 Å². The highest BCUT2D eigenvalue weighted by Crippen LogP contribution is 2.49. The molecule has 208 valence electrons. The smallest absolute Gasteiger partial charge is 0.135 e. The molecule has 0 N–H and O–H groups in total. The Kier molecular flexibility index (Phi) is 5.06. The molecule has 9 aromatic carbocycles. The highest BCUT2D eigenvalue weighted by atomic mass is 16.5. The van der Waals surface area contributed by atoms with Crippen LogP contribution in [0.3, 0.4) is 0 Å². The molecule has 0 spiro atoms. The minimum absolute atomic E-state index is 0.912. The summed E-state index contributed by atoms with van der Waals surface area (Å²) in [5.41, 5.74) is 7.27. The van der Waals surface area contributed by atoms with Gasteiger partial charge in [-0.05, 0) is 101 Å². The molecule has 1 aliphatic heterocycles. The average molecular weight is 571 g/mol. The Morgan fingerprint density at radius 2 is 0.933 bits per heavy atom. The van der Waals surface area contributed by atoms with Crippen LogP contribution in [0.2, 0.25) is 0 Å². The first-order chi connectivity index (χ1) is 22.3. The molecule has 0 bridgehead atoms. The van der Waals surface area contributed by atoms with Crippen LogP contribution in [-0.2, 0) is 0 Å². The number of ether oxygens (including phenoxy) is 1. The molecule has 0 aromatic heterocycles. The van der Waals surface area contributed by atoms with Crippen LogP contribution < -0.4 is 4.74 Å². The lowest BCUT2D eigenvalue weighted by Crippen LogP contribution is -1.97. The summed E-state index contributed by atoms with van der Waals surface area (Å²) in [5, 5.41) is 12.7. The summed E-state index contributed by atoms with van der Waals surface area (Å²) in [6.07, 6.45) is 0. The molecule has 0 radical (unpaired) electrons. The Hall–Kier alpha value is -5.92. The molecular formula is C44H26O. The van der Waals surface area contributed by atoms with Gasteiger partial charge in [0.15, 0.2) is 0 Å². The van der Waals surface area contributed by atoms with Crippen molar-refractivity contribution in [3.63, 3.8) is 0 Å². The third kappa shape index (κ3) is 3.50. The van der Waals surface area contributed by atoms with Crippen molar-refractivity contribution in [3.8, 4) is 44.9 Å². The third-order valence-corrected chi connectivity index (χ3v) is 9.61. The molecule has 0 atom stereocenters. The van der Waals surface area contributed by atoms with Crippen LogP contribution in [0.25, 0.3) is 87.2 Å². The van der Waals surface area contributed by atoms with Crippen molar-refractivity contribution in [1.82, 2.24) is 0 Å². The zero-order valence-corrected chi connectivity index (χ0v) is 24.4. The molecule has 0 unspecified atom stereocenters. The van der Waals surface area contributed by atoms with Crippen molar-refractivity contribution in [2.75, 3.05) is 0 Å². The maximum atomic E-state index is 6.41. The standard InChI is InChI=1S/C44H26O/c1-2-14-31-28(11-1)26-39-34-17-4-3-15-32(34)33-16-5-6-19-37(33)44(39)42(31)29-13-9-12-27(25-29)30-23-24-41-43-36(30)20-10-21-38(43)35-18-7-8-22-40(35)45-41/h1-26H. The number of hydrogen-bond acceptors (Lipinski definition) is 1. The van der Waals surface area contributed by atoms with E-state index < -0.39 is 0 Å². The topological polar surface area (TPSA) is 9.23 Å². The first kappa shape index (κ1) is 24.5. The van der Waals surface area contributed by atoms with E-state index in [0.29, 0.717) is 0 Å². The van der Waals surface area contributed by atoms with Crippen LogP contribution in [-0.4, -0.2) is 0 Å². The molecule has 0 saturated heterocycles. The molecule has 0 saturated carbocycles. The second-order valence-electron chi connectivity index (χ2n) is 12.0. The van der Waals surface area contributed by atoms with Crippen LogP contribution in [0.1, 0.15) is 0 Å². The van der Waals surface area contributed by atoms with Crippen LogP contribution >= 0.6 is 0 Å². The molecule has 1 heterocycles. The molecular weight excluding hydrogens is 544 g/mol. The second-order valence-corrected chi connectivity index (χ2v) is 12.0. The third-order valence-electron chi connectivity index (χ3n) is 9.61. The van der Waals surface area contributed by atoms with Crippen molar-refractivity contribution in [2.24, 2.45) is 0 Å². The zero-order valence-electron chi connectivity index (χ0n) is 24.4. The SMILES string of the molecule is c1cc(-c2ccc3c4c(cccc24)-c2ccccc2O3)cc(-c2c3ccccc3cc3c4ccccc4c4ccccc4c23)c1. The van der Waals surface area contributed by atoms with Gasteiger partial charge in [0.05, 0.1) is 0 Å². The van der Waals surface area contributed by atoms with E-state index in [1.54, 1.807) is 0 Å². The fraction of sp³-hybridized carbons (Fsp3) is 0. The van der Waals surface area contributed by atoms with Crippen LogP contribution in [0.15, 0.2) is 158 Å². The van der Waals surface area contributed by atoms with Gasteiger partial charge in [0.1, 0.15) is 11.5 Å². The Morgan fingerprint density at radius 1 is 0.311 bits per heavy atom.